The normalized spacial score (nSPS) is 21.2. The number of amides is 1. The van der Waals surface area contributed by atoms with Crippen LogP contribution in [0.5, 0.6) is 0 Å². The molecular formula is C18H29N3O2. The van der Waals surface area contributed by atoms with Crippen molar-refractivity contribution in [2.75, 3.05) is 6.54 Å². The first-order chi connectivity index (χ1) is 10.8. The molecule has 1 aliphatic carbocycles. The first kappa shape index (κ1) is 17.7. The zero-order valence-corrected chi connectivity index (χ0v) is 14.7. The maximum atomic E-state index is 11.8. The molecular weight excluding hydrogens is 290 g/mol. The number of ether oxygens (including phenoxy) is 1. The first-order valence-corrected chi connectivity index (χ1v) is 8.46. The summed E-state index contributed by atoms with van der Waals surface area (Å²) < 4.78 is 5.29. The number of carbonyl (C=O) groups excluding carboxylic acids is 1. The molecule has 1 fully saturated rings. The van der Waals surface area contributed by atoms with Crippen molar-refractivity contribution in [3.8, 4) is 0 Å². The van der Waals surface area contributed by atoms with Crippen molar-refractivity contribution < 1.29 is 9.53 Å². The van der Waals surface area contributed by atoms with Crippen LogP contribution in [0.2, 0.25) is 0 Å². The largest absolute Gasteiger partial charge is 0.444 e. The molecule has 5 nitrogen and oxygen atoms in total. The van der Waals surface area contributed by atoms with Crippen molar-refractivity contribution in [1.82, 2.24) is 15.6 Å². The second-order valence-electron chi connectivity index (χ2n) is 7.33. The van der Waals surface area contributed by atoms with Gasteiger partial charge in [-0.15, -0.1) is 0 Å². The molecule has 0 bridgehead atoms. The predicted octanol–water partition coefficient (Wildman–Crippen LogP) is 3.17. The van der Waals surface area contributed by atoms with Gasteiger partial charge in [-0.1, -0.05) is 12.5 Å². The van der Waals surface area contributed by atoms with Gasteiger partial charge >= 0.3 is 6.09 Å². The molecule has 1 aromatic heterocycles. The van der Waals surface area contributed by atoms with Gasteiger partial charge in [0, 0.05) is 24.8 Å². The molecule has 0 aliphatic heterocycles. The molecule has 2 N–H and O–H groups in total. The van der Waals surface area contributed by atoms with Crippen molar-refractivity contribution in [2.24, 2.45) is 5.92 Å². The molecule has 0 saturated heterocycles. The average molecular weight is 319 g/mol. The van der Waals surface area contributed by atoms with Crippen molar-refractivity contribution >= 4 is 6.09 Å². The molecule has 2 atom stereocenters. The smallest absolute Gasteiger partial charge is 0.407 e. The SMILES string of the molecule is Cc1cccc(CNC2CCCC2CNC(=O)OC(C)(C)C)n1. The lowest BCUT2D eigenvalue weighted by molar-refractivity contribution is 0.0517. The van der Waals surface area contributed by atoms with E-state index in [1.54, 1.807) is 0 Å². The van der Waals surface area contributed by atoms with Crippen molar-refractivity contribution in [3.05, 3.63) is 29.6 Å². The molecule has 1 aliphatic rings. The highest BCUT2D eigenvalue weighted by Crippen LogP contribution is 2.25. The monoisotopic (exact) mass is 319 g/mol. The Labute approximate surface area is 139 Å². The Balaban J connectivity index is 1.77. The minimum Gasteiger partial charge on any atom is -0.444 e. The summed E-state index contributed by atoms with van der Waals surface area (Å²) in [5, 5.41) is 6.49. The molecule has 1 heterocycles. The Kier molecular flexibility index (Phi) is 5.99. The fraction of sp³-hybridized carbons (Fsp3) is 0.667. The Morgan fingerprint density at radius 3 is 2.83 bits per heavy atom. The lowest BCUT2D eigenvalue weighted by Crippen LogP contribution is -2.40. The van der Waals surface area contributed by atoms with Gasteiger partial charge in [0.1, 0.15) is 5.60 Å². The van der Waals surface area contributed by atoms with Gasteiger partial charge in [-0.05, 0) is 58.6 Å². The van der Waals surface area contributed by atoms with E-state index in [0.29, 0.717) is 18.5 Å². The summed E-state index contributed by atoms with van der Waals surface area (Å²) >= 11 is 0. The highest BCUT2D eigenvalue weighted by Gasteiger charge is 2.27. The summed E-state index contributed by atoms with van der Waals surface area (Å²) in [7, 11) is 0. The van der Waals surface area contributed by atoms with Gasteiger partial charge in [0.25, 0.3) is 0 Å². The topological polar surface area (TPSA) is 63.2 Å². The van der Waals surface area contributed by atoms with E-state index in [0.717, 1.165) is 30.8 Å². The number of hydrogen-bond acceptors (Lipinski definition) is 4. The predicted molar refractivity (Wildman–Crippen MR) is 91.2 cm³/mol. The fourth-order valence-electron chi connectivity index (χ4n) is 3.01. The molecule has 0 aromatic carbocycles. The second kappa shape index (κ2) is 7.77. The van der Waals surface area contributed by atoms with Crippen LogP contribution >= 0.6 is 0 Å². The van der Waals surface area contributed by atoms with Gasteiger partial charge < -0.3 is 15.4 Å². The van der Waals surface area contributed by atoms with Gasteiger partial charge in [0.05, 0.1) is 5.69 Å². The fourth-order valence-corrected chi connectivity index (χ4v) is 3.01. The lowest BCUT2D eigenvalue weighted by Gasteiger charge is -2.23. The van der Waals surface area contributed by atoms with Crippen LogP contribution in [0.15, 0.2) is 18.2 Å². The zero-order chi connectivity index (χ0) is 16.9. The third-order valence-corrected chi connectivity index (χ3v) is 4.06. The molecule has 2 unspecified atom stereocenters. The zero-order valence-electron chi connectivity index (χ0n) is 14.7. The number of rotatable bonds is 5. The highest BCUT2D eigenvalue weighted by atomic mass is 16.6. The third-order valence-electron chi connectivity index (χ3n) is 4.06. The molecule has 1 aromatic rings. The second-order valence-corrected chi connectivity index (χ2v) is 7.33. The van der Waals surface area contributed by atoms with Crippen LogP contribution in [-0.2, 0) is 11.3 Å². The standard InChI is InChI=1S/C18H29N3O2/c1-13-7-5-9-15(21-13)12-19-16-10-6-8-14(16)11-20-17(22)23-18(2,3)4/h5,7,9,14,16,19H,6,8,10-12H2,1-4H3,(H,20,22). The average Bonchev–Trinajstić information content (AvgIpc) is 2.88. The van der Waals surface area contributed by atoms with Crippen LogP contribution in [0.1, 0.15) is 51.4 Å². The van der Waals surface area contributed by atoms with E-state index in [9.17, 15) is 4.79 Å². The van der Waals surface area contributed by atoms with Crippen molar-refractivity contribution in [2.45, 2.75) is 65.1 Å². The molecule has 2 rings (SSSR count). The van der Waals surface area contributed by atoms with E-state index in [4.69, 9.17) is 4.74 Å². The summed E-state index contributed by atoms with van der Waals surface area (Å²) in [4.78, 5) is 16.3. The lowest BCUT2D eigenvalue weighted by atomic mass is 10.0. The first-order valence-electron chi connectivity index (χ1n) is 8.46. The Morgan fingerprint density at radius 2 is 2.13 bits per heavy atom. The van der Waals surface area contributed by atoms with Gasteiger partial charge in [0.2, 0.25) is 0 Å². The van der Waals surface area contributed by atoms with E-state index in [1.807, 2.05) is 45.9 Å². The Morgan fingerprint density at radius 1 is 1.35 bits per heavy atom. The highest BCUT2D eigenvalue weighted by molar-refractivity contribution is 5.67. The number of carbonyl (C=O) groups is 1. The summed E-state index contributed by atoms with van der Waals surface area (Å²) in [5.41, 5.74) is 1.66. The minimum absolute atomic E-state index is 0.330. The van der Waals surface area contributed by atoms with Crippen molar-refractivity contribution in [1.29, 1.82) is 0 Å². The number of alkyl carbamates (subject to hydrolysis) is 1. The van der Waals surface area contributed by atoms with Crippen LogP contribution in [-0.4, -0.2) is 29.3 Å². The molecule has 128 valence electrons. The summed E-state index contributed by atoms with van der Waals surface area (Å²) in [6.45, 7) is 9.07. The van der Waals surface area contributed by atoms with E-state index in [-0.39, 0.29) is 6.09 Å². The van der Waals surface area contributed by atoms with Crippen LogP contribution in [0.3, 0.4) is 0 Å². The molecule has 5 heteroatoms. The van der Waals surface area contributed by atoms with E-state index in [2.05, 4.69) is 15.6 Å². The Hall–Kier alpha value is -1.62. The van der Waals surface area contributed by atoms with Crippen LogP contribution in [0, 0.1) is 12.8 Å². The minimum atomic E-state index is -0.450. The van der Waals surface area contributed by atoms with Crippen LogP contribution in [0.25, 0.3) is 0 Å². The number of hydrogen-bond donors (Lipinski definition) is 2. The molecule has 23 heavy (non-hydrogen) atoms. The number of nitrogens with zero attached hydrogens (tertiary/aromatic N) is 1. The van der Waals surface area contributed by atoms with Crippen LogP contribution in [0.4, 0.5) is 4.79 Å². The number of nitrogens with one attached hydrogen (secondary N) is 2. The summed E-state index contributed by atoms with van der Waals surface area (Å²) in [6.07, 6.45) is 3.14. The van der Waals surface area contributed by atoms with Crippen LogP contribution < -0.4 is 10.6 Å². The molecule has 1 saturated carbocycles. The Bertz CT molecular complexity index is 525. The van der Waals surface area contributed by atoms with Gasteiger partial charge in [-0.25, -0.2) is 4.79 Å². The van der Waals surface area contributed by atoms with Crippen molar-refractivity contribution in [3.63, 3.8) is 0 Å². The third kappa shape index (κ3) is 6.18. The number of aryl methyl sites for hydroxylation is 1. The van der Waals surface area contributed by atoms with Gasteiger partial charge in [-0.3, -0.25) is 4.98 Å². The van der Waals surface area contributed by atoms with Gasteiger partial charge in [0.15, 0.2) is 0 Å². The maximum Gasteiger partial charge on any atom is 0.407 e. The molecule has 0 radical (unpaired) electrons. The number of pyridine rings is 1. The summed E-state index contributed by atoms with van der Waals surface area (Å²) in [5.74, 6) is 0.451. The number of aromatic nitrogens is 1. The quantitative estimate of drug-likeness (QED) is 0.875. The van der Waals surface area contributed by atoms with E-state index >= 15 is 0 Å². The molecule has 1 amide bonds. The van der Waals surface area contributed by atoms with Gasteiger partial charge in [-0.2, -0.15) is 0 Å². The molecule has 0 spiro atoms. The van der Waals surface area contributed by atoms with E-state index < -0.39 is 5.60 Å². The maximum absolute atomic E-state index is 11.8. The summed E-state index contributed by atoms with van der Waals surface area (Å²) in [6, 6.07) is 6.51. The van der Waals surface area contributed by atoms with E-state index in [1.165, 1.54) is 6.42 Å².